The molecule has 92 valence electrons. The van der Waals surface area contributed by atoms with E-state index in [9.17, 15) is 14.4 Å². The molecule has 1 fully saturated rings. The molecular weight excluding hydrogens is 222 g/mol. The fourth-order valence-electron chi connectivity index (χ4n) is 1.88. The third-order valence-electron chi connectivity index (χ3n) is 3.05. The minimum atomic E-state index is -0.405. The molecule has 17 heavy (non-hydrogen) atoms. The number of rotatable bonds is 2. The van der Waals surface area contributed by atoms with Crippen molar-refractivity contribution in [2.75, 3.05) is 39.8 Å². The van der Waals surface area contributed by atoms with Gasteiger partial charge in [0.1, 0.15) is 6.54 Å². The lowest BCUT2D eigenvalue weighted by Crippen LogP contribution is -2.50. The average Bonchev–Trinajstić information content (AvgIpc) is 2.61. The summed E-state index contributed by atoms with van der Waals surface area (Å²) in [6.07, 6.45) is 2.39. The summed E-state index contributed by atoms with van der Waals surface area (Å²) >= 11 is 0. The minimum absolute atomic E-state index is 0.144. The fraction of sp³-hybridized carbons (Fsp3) is 0.545. The zero-order valence-corrected chi connectivity index (χ0v) is 9.76. The van der Waals surface area contributed by atoms with Crippen LogP contribution in [0.15, 0.2) is 12.2 Å². The molecule has 2 aliphatic rings. The van der Waals surface area contributed by atoms with Crippen molar-refractivity contribution in [3.63, 3.8) is 0 Å². The van der Waals surface area contributed by atoms with Gasteiger partial charge in [-0.15, -0.1) is 0 Å². The minimum Gasteiger partial charge on any atom is -0.339 e. The number of amides is 3. The Morgan fingerprint density at radius 3 is 2.18 bits per heavy atom. The van der Waals surface area contributed by atoms with Gasteiger partial charge in [-0.3, -0.25) is 19.3 Å². The maximum Gasteiger partial charge on any atom is 0.254 e. The first-order valence-electron chi connectivity index (χ1n) is 5.58. The summed E-state index contributed by atoms with van der Waals surface area (Å²) in [5, 5.41) is 0. The SMILES string of the molecule is CN1CCN(C(=O)CN2C(=O)C=CC2=O)CC1. The standard InChI is InChI=1S/C11H15N3O3/c1-12-4-6-13(7-5-12)11(17)8-14-9(15)2-3-10(14)16/h2-3H,4-8H2,1H3. The van der Waals surface area contributed by atoms with Crippen molar-refractivity contribution in [1.29, 1.82) is 0 Å². The van der Waals surface area contributed by atoms with Crippen molar-refractivity contribution in [1.82, 2.24) is 14.7 Å². The Morgan fingerprint density at radius 2 is 1.65 bits per heavy atom. The van der Waals surface area contributed by atoms with Crippen molar-refractivity contribution in [2.24, 2.45) is 0 Å². The van der Waals surface area contributed by atoms with E-state index >= 15 is 0 Å². The first-order valence-corrected chi connectivity index (χ1v) is 5.58. The van der Waals surface area contributed by atoms with Gasteiger partial charge >= 0.3 is 0 Å². The quantitative estimate of drug-likeness (QED) is 0.559. The molecule has 0 unspecified atom stereocenters. The van der Waals surface area contributed by atoms with E-state index in [1.807, 2.05) is 7.05 Å². The largest absolute Gasteiger partial charge is 0.339 e. The van der Waals surface area contributed by atoms with Gasteiger partial charge in [-0.05, 0) is 7.05 Å². The first kappa shape index (κ1) is 11.8. The molecule has 1 saturated heterocycles. The van der Waals surface area contributed by atoms with Crippen LogP contribution in [-0.2, 0) is 14.4 Å². The second-order valence-corrected chi connectivity index (χ2v) is 4.28. The summed E-state index contributed by atoms with van der Waals surface area (Å²) in [6, 6.07) is 0. The van der Waals surface area contributed by atoms with Crippen molar-refractivity contribution in [3.8, 4) is 0 Å². The molecule has 2 rings (SSSR count). The molecule has 0 radical (unpaired) electrons. The van der Waals surface area contributed by atoms with Crippen LogP contribution >= 0.6 is 0 Å². The van der Waals surface area contributed by atoms with Crippen LogP contribution in [-0.4, -0.2) is 72.2 Å². The Kier molecular flexibility index (Phi) is 3.23. The number of hydrogen-bond donors (Lipinski definition) is 0. The number of likely N-dealkylation sites (N-methyl/N-ethyl adjacent to an activating group) is 1. The van der Waals surface area contributed by atoms with Crippen LogP contribution in [0.1, 0.15) is 0 Å². The van der Waals surface area contributed by atoms with Crippen LogP contribution in [0.3, 0.4) is 0 Å². The lowest BCUT2D eigenvalue weighted by atomic mass is 10.3. The normalized spacial score (nSPS) is 21.5. The highest BCUT2D eigenvalue weighted by Gasteiger charge is 2.28. The molecule has 0 aromatic carbocycles. The molecular formula is C11H15N3O3. The molecule has 6 heteroatoms. The average molecular weight is 237 g/mol. The maximum absolute atomic E-state index is 11.9. The third-order valence-corrected chi connectivity index (χ3v) is 3.05. The van der Waals surface area contributed by atoms with E-state index in [0.717, 1.165) is 18.0 Å². The van der Waals surface area contributed by atoms with Gasteiger partial charge in [0.25, 0.3) is 11.8 Å². The lowest BCUT2D eigenvalue weighted by molar-refractivity contribution is -0.145. The second-order valence-electron chi connectivity index (χ2n) is 4.28. The molecule has 0 aromatic rings. The van der Waals surface area contributed by atoms with Gasteiger partial charge in [0, 0.05) is 38.3 Å². The topological polar surface area (TPSA) is 60.9 Å². The van der Waals surface area contributed by atoms with Gasteiger partial charge in [0.05, 0.1) is 0 Å². The second kappa shape index (κ2) is 4.67. The molecule has 0 aliphatic carbocycles. The molecule has 2 aliphatic heterocycles. The summed E-state index contributed by atoms with van der Waals surface area (Å²) in [5.74, 6) is -0.974. The van der Waals surface area contributed by atoms with Crippen LogP contribution in [0.5, 0.6) is 0 Å². The van der Waals surface area contributed by atoms with Crippen molar-refractivity contribution in [3.05, 3.63) is 12.2 Å². The van der Waals surface area contributed by atoms with Gasteiger partial charge in [-0.1, -0.05) is 0 Å². The predicted molar refractivity (Wildman–Crippen MR) is 59.9 cm³/mol. The van der Waals surface area contributed by atoms with Crippen LogP contribution < -0.4 is 0 Å². The summed E-state index contributed by atoms with van der Waals surface area (Å²) < 4.78 is 0. The Bertz CT molecular complexity index is 365. The third kappa shape index (κ3) is 2.52. The Labute approximate surface area is 99.5 Å². The molecule has 0 spiro atoms. The van der Waals surface area contributed by atoms with E-state index in [1.54, 1.807) is 4.90 Å². The van der Waals surface area contributed by atoms with E-state index in [-0.39, 0.29) is 12.5 Å². The number of piperazine rings is 1. The summed E-state index contributed by atoms with van der Waals surface area (Å²) in [5.41, 5.74) is 0. The van der Waals surface area contributed by atoms with Crippen LogP contribution in [0.2, 0.25) is 0 Å². The van der Waals surface area contributed by atoms with Gasteiger partial charge in [0.2, 0.25) is 5.91 Å². The zero-order valence-electron chi connectivity index (χ0n) is 9.76. The fourth-order valence-corrected chi connectivity index (χ4v) is 1.88. The van der Waals surface area contributed by atoms with Gasteiger partial charge in [-0.25, -0.2) is 0 Å². The molecule has 0 atom stereocenters. The summed E-state index contributed by atoms with van der Waals surface area (Å²) in [7, 11) is 2.00. The van der Waals surface area contributed by atoms with Crippen LogP contribution in [0.25, 0.3) is 0 Å². The Hall–Kier alpha value is -1.69. The molecule has 3 amide bonds. The molecule has 0 N–H and O–H groups in total. The Morgan fingerprint density at radius 1 is 1.12 bits per heavy atom. The van der Waals surface area contributed by atoms with Crippen molar-refractivity contribution < 1.29 is 14.4 Å². The van der Waals surface area contributed by atoms with Crippen molar-refractivity contribution >= 4 is 17.7 Å². The van der Waals surface area contributed by atoms with E-state index in [4.69, 9.17) is 0 Å². The molecule has 0 aromatic heterocycles. The number of nitrogens with zero attached hydrogens (tertiary/aromatic N) is 3. The zero-order chi connectivity index (χ0) is 12.4. The van der Waals surface area contributed by atoms with Crippen LogP contribution in [0, 0.1) is 0 Å². The van der Waals surface area contributed by atoms with Crippen molar-refractivity contribution in [2.45, 2.75) is 0 Å². The molecule has 0 bridgehead atoms. The summed E-state index contributed by atoms with van der Waals surface area (Å²) in [6.45, 7) is 2.81. The highest BCUT2D eigenvalue weighted by molar-refractivity contribution is 6.14. The lowest BCUT2D eigenvalue weighted by Gasteiger charge is -2.33. The van der Waals surface area contributed by atoms with E-state index in [1.165, 1.54) is 12.2 Å². The highest BCUT2D eigenvalue weighted by atomic mass is 16.2. The van der Waals surface area contributed by atoms with E-state index in [0.29, 0.717) is 13.1 Å². The number of carbonyl (C=O) groups excluding carboxylic acids is 3. The van der Waals surface area contributed by atoms with E-state index < -0.39 is 11.8 Å². The van der Waals surface area contributed by atoms with Gasteiger partial charge in [-0.2, -0.15) is 0 Å². The molecule has 6 nitrogen and oxygen atoms in total. The van der Waals surface area contributed by atoms with E-state index in [2.05, 4.69) is 4.90 Å². The van der Waals surface area contributed by atoms with Gasteiger partial charge in [0.15, 0.2) is 0 Å². The smallest absolute Gasteiger partial charge is 0.254 e. The first-order chi connectivity index (χ1) is 8.08. The summed E-state index contributed by atoms with van der Waals surface area (Å²) in [4.78, 5) is 39.3. The Balaban J connectivity index is 1.89. The predicted octanol–water partition coefficient (Wildman–Crippen LogP) is -1.31. The maximum atomic E-state index is 11.9. The molecule has 0 saturated carbocycles. The number of imide groups is 1. The van der Waals surface area contributed by atoms with Gasteiger partial charge < -0.3 is 9.80 Å². The number of hydrogen-bond acceptors (Lipinski definition) is 4. The molecule has 2 heterocycles. The number of carbonyl (C=O) groups is 3. The van der Waals surface area contributed by atoms with Crippen LogP contribution in [0.4, 0.5) is 0 Å². The highest BCUT2D eigenvalue weighted by Crippen LogP contribution is 2.06. The monoisotopic (exact) mass is 237 g/mol.